The van der Waals surface area contributed by atoms with Gasteiger partial charge in [-0.15, -0.1) is 15.6 Å². The zero-order valence-electron chi connectivity index (χ0n) is 6.81. The molecule has 0 unspecified atom stereocenters. The van der Waals surface area contributed by atoms with Gasteiger partial charge in [0.1, 0.15) is 0 Å². The fourth-order valence-corrected chi connectivity index (χ4v) is 2.49. The molecule has 0 aliphatic carbocycles. The molecule has 0 atom stereocenters. The first-order valence-corrected chi connectivity index (χ1v) is 6.22. The molecule has 0 radical (unpaired) electrons. The van der Waals surface area contributed by atoms with E-state index in [1.807, 2.05) is 30.3 Å². The van der Waals surface area contributed by atoms with Gasteiger partial charge < -0.3 is 0 Å². The molecule has 0 aliphatic heterocycles. The normalized spacial score (nSPS) is 11.5. The van der Waals surface area contributed by atoms with E-state index in [4.69, 9.17) is 0 Å². The molecule has 2 nitrogen and oxygen atoms in total. The standard InChI is InChI=1S/C8H9FO2S2/c9-13(10,11)7-6-12-8-4-2-1-3-5-8/h1-5H,6-7H2. The van der Waals surface area contributed by atoms with E-state index in [1.54, 1.807) is 0 Å². The fraction of sp³-hybridized carbons (Fsp3) is 0.250. The topological polar surface area (TPSA) is 34.1 Å². The maximum absolute atomic E-state index is 12.1. The van der Waals surface area contributed by atoms with Crippen LogP contribution < -0.4 is 0 Å². The van der Waals surface area contributed by atoms with Crippen molar-refractivity contribution >= 4 is 22.0 Å². The van der Waals surface area contributed by atoms with Gasteiger partial charge in [0.15, 0.2) is 0 Å². The van der Waals surface area contributed by atoms with E-state index >= 15 is 0 Å². The smallest absolute Gasteiger partial charge is 0.195 e. The summed E-state index contributed by atoms with van der Waals surface area (Å²) in [5.41, 5.74) is 0. The van der Waals surface area contributed by atoms with Gasteiger partial charge >= 0.3 is 10.2 Å². The van der Waals surface area contributed by atoms with Gasteiger partial charge in [0.2, 0.25) is 0 Å². The second-order valence-corrected chi connectivity index (χ2v) is 5.06. The molecule has 0 aliphatic rings. The third-order valence-corrected chi connectivity index (χ3v) is 3.30. The average Bonchev–Trinajstić information content (AvgIpc) is 2.04. The average molecular weight is 220 g/mol. The van der Waals surface area contributed by atoms with E-state index < -0.39 is 16.0 Å². The van der Waals surface area contributed by atoms with Crippen LogP contribution >= 0.6 is 11.8 Å². The van der Waals surface area contributed by atoms with Gasteiger partial charge in [-0.1, -0.05) is 18.2 Å². The Hall–Kier alpha value is -0.550. The largest absolute Gasteiger partial charge is 0.303 e. The van der Waals surface area contributed by atoms with Crippen molar-refractivity contribution in [3.8, 4) is 0 Å². The molecule has 5 heteroatoms. The summed E-state index contributed by atoms with van der Waals surface area (Å²) in [6.07, 6.45) is 0. The van der Waals surface area contributed by atoms with Crippen LogP contribution in [0.2, 0.25) is 0 Å². The minimum atomic E-state index is -4.32. The highest BCUT2D eigenvalue weighted by Crippen LogP contribution is 2.17. The quantitative estimate of drug-likeness (QED) is 0.575. The van der Waals surface area contributed by atoms with Crippen molar-refractivity contribution < 1.29 is 12.3 Å². The Bertz CT molecular complexity index is 348. The summed E-state index contributed by atoms with van der Waals surface area (Å²) in [7, 11) is -4.32. The van der Waals surface area contributed by atoms with Gasteiger partial charge in [0.05, 0.1) is 5.75 Å². The second-order valence-electron chi connectivity index (χ2n) is 2.40. The number of hydrogen-bond donors (Lipinski definition) is 0. The first kappa shape index (κ1) is 10.5. The molecule has 0 aromatic heterocycles. The Morgan fingerprint density at radius 2 is 1.85 bits per heavy atom. The molecular weight excluding hydrogens is 211 g/mol. The number of benzene rings is 1. The molecule has 0 amide bonds. The minimum Gasteiger partial charge on any atom is -0.195 e. The summed E-state index contributed by atoms with van der Waals surface area (Å²) in [5, 5.41) is 0. The number of hydrogen-bond acceptors (Lipinski definition) is 3. The summed E-state index contributed by atoms with van der Waals surface area (Å²) >= 11 is 1.33. The molecule has 1 aromatic rings. The minimum absolute atomic E-state index is 0.253. The predicted octanol–water partition coefficient (Wildman–Crippen LogP) is 2.08. The fourth-order valence-electron chi connectivity index (χ4n) is 0.776. The van der Waals surface area contributed by atoms with E-state index in [1.165, 1.54) is 11.8 Å². The Kier molecular flexibility index (Phi) is 3.74. The molecule has 72 valence electrons. The third-order valence-electron chi connectivity index (χ3n) is 1.34. The Balaban J connectivity index is 2.37. The van der Waals surface area contributed by atoms with Gasteiger partial charge in [-0.2, -0.15) is 8.42 Å². The van der Waals surface area contributed by atoms with E-state index in [-0.39, 0.29) is 5.75 Å². The van der Waals surface area contributed by atoms with Gasteiger partial charge in [0, 0.05) is 10.6 Å². The first-order valence-electron chi connectivity index (χ1n) is 3.68. The lowest BCUT2D eigenvalue weighted by Gasteiger charge is -1.97. The SMILES string of the molecule is O=S(=O)(F)CCSc1ccccc1. The summed E-state index contributed by atoms with van der Waals surface area (Å²) in [6, 6.07) is 9.29. The Labute approximate surface area is 81.4 Å². The van der Waals surface area contributed by atoms with Crippen molar-refractivity contribution in [1.29, 1.82) is 0 Å². The zero-order valence-corrected chi connectivity index (χ0v) is 8.44. The molecule has 1 aromatic carbocycles. The van der Waals surface area contributed by atoms with Crippen LogP contribution in [0.15, 0.2) is 35.2 Å². The lowest BCUT2D eigenvalue weighted by atomic mass is 10.4. The van der Waals surface area contributed by atoms with Gasteiger partial charge in [-0.3, -0.25) is 0 Å². The molecule has 0 saturated carbocycles. The molecule has 0 N–H and O–H groups in total. The van der Waals surface area contributed by atoms with E-state index in [9.17, 15) is 12.3 Å². The number of halogens is 1. The molecule has 0 heterocycles. The third kappa shape index (κ3) is 4.90. The van der Waals surface area contributed by atoms with Crippen LogP contribution in [0, 0.1) is 0 Å². The van der Waals surface area contributed by atoms with Crippen molar-refractivity contribution in [2.45, 2.75) is 4.90 Å². The van der Waals surface area contributed by atoms with E-state index in [0.29, 0.717) is 0 Å². The van der Waals surface area contributed by atoms with Crippen LogP contribution in [0.25, 0.3) is 0 Å². The van der Waals surface area contributed by atoms with Gasteiger partial charge in [-0.25, -0.2) is 0 Å². The summed E-state index contributed by atoms with van der Waals surface area (Å²) in [6.45, 7) is 0. The van der Waals surface area contributed by atoms with Crippen LogP contribution in [0.5, 0.6) is 0 Å². The Morgan fingerprint density at radius 1 is 1.23 bits per heavy atom. The molecule has 0 spiro atoms. The van der Waals surface area contributed by atoms with Crippen molar-refractivity contribution in [1.82, 2.24) is 0 Å². The number of rotatable bonds is 4. The molecule has 1 rings (SSSR count). The van der Waals surface area contributed by atoms with Crippen molar-refractivity contribution in [2.24, 2.45) is 0 Å². The van der Waals surface area contributed by atoms with Crippen LogP contribution in [-0.2, 0) is 10.2 Å². The van der Waals surface area contributed by atoms with Crippen molar-refractivity contribution in [3.05, 3.63) is 30.3 Å². The second kappa shape index (κ2) is 4.62. The molecule has 13 heavy (non-hydrogen) atoms. The monoisotopic (exact) mass is 220 g/mol. The van der Waals surface area contributed by atoms with Crippen LogP contribution in [-0.4, -0.2) is 19.9 Å². The van der Waals surface area contributed by atoms with Gasteiger partial charge in [0.25, 0.3) is 0 Å². The molecule has 0 bridgehead atoms. The summed E-state index contributed by atoms with van der Waals surface area (Å²) in [5.74, 6) is -0.171. The lowest BCUT2D eigenvalue weighted by Crippen LogP contribution is -2.00. The molecular formula is C8H9FO2S2. The lowest BCUT2D eigenvalue weighted by molar-refractivity contribution is 0.554. The van der Waals surface area contributed by atoms with Crippen LogP contribution in [0.4, 0.5) is 3.89 Å². The van der Waals surface area contributed by atoms with E-state index in [2.05, 4.69) is 0 Å². The summed E-state index contributed by atoms with van der Waals surface area (Å²) < 4.78 is 32.3. The van der Waals surface area contributed by atoms with Crippen molar-refractivity contribution in [2.75, 3.05) is 11.5 Å². The first-order chi connectivity index (χ1) is 6.08. The van der Waals surface area contributed by atoms with E-state index in [0.717, 1.165) is 4.90 Å². The molecule has 0 fully saturated rings. The van der Waals surface area contributed by atoms with Crippen LogP contribution in [0.1, 0.15) is 0 Å². The maximum atomic E-state index is 12.1. The summed E-state index contributed by atoms with van der Waals surface area (Å²) in [4.78, 5) is 0.950. The number of thioether (sulfide) groups is 1. The highest BCUT2D eigenvalue weighted by Gasteiger charge is 2.06. The maximum Gasteiger partial charge on any atom is 0.303 e. The molecule has 0 saturated heterocycles. The van der Waals surface area contributed by atoms with Crippen molar-refractivity contribution in [3.63, 3.8) is 0 Å². The van der Waals surface area contributed by atoms with Gasteiger partial charge in [-0.05, 0) is 12.1 Å². The van der Waals surface area contributed by atoms with Crippen LogP contribution in [0.3, 0.4) is 0 Å². The predicted molar refractivity (Wildman–Crippen MR) is 52.1 cm³/mol. The highest BCUT2D eigenvalue weighted by atomic mass is 32.3. The zero-order chi connectivity index (χ0) is 9.73. The Morgan fingerprint density at radius 3 is 2.38 bits per heavy atom. The highest BCUT2D eigenvalue weighted by molar-refractivity contribution is 8.00.